The highest BCUT2D eigenvalue weighted by Gasteiger charge is 2.33. The molecule has 1 aliphatic heterocycles. The molecule has 1 N–H and O–H groups in total. The Morgan fingerprint density at radius 2 is 1.94 bits per heavy atom. The number of fused-ring (bicyclic) bond motifs is 6. The SMILES string of the molecule is Cc1cc(C(F)(F)F)nc2sc3c(ncn4nc(-c5cc(-c6ccc7c(c6)OCO7)n[nH]5)nc34)c12. The van der Waals surface area contributed by atoms with Crippen molar-refractivity contribution in [3.8, 4) is 34.3 Å². The normalized spacial score (nSPS) is 13.5. The second kappa shape index (κ2) is 6.88. The van der Waals surface area contributed by atoms with E-state index < -0.39 is 11.9 Å². The first-order chi connectivity index (χ1) is 16.8. The van der Waals surface area contributed by atoms with Crippen molar-refractivity contribution in [1.29, 1.82) is 0 Å². The van der Waals surface area contributed by atoms with Crippen molar-refractivity contribution in [2.75, 3.05) is 6.79 Å². The van der Waals surface area contributed by atoms with Gasteiger partial charge in [0, 0.05) is 10.9 Å². The van der Waals surface area contributed by atoms with Crippen LogP contribution in [0.2, 0.25) is 0 Å². The number of aromatic nitrogens is 7. The molecule has 9 nitrogen and oxygen atoms in total. The molecule has 0 fully saturated rings. The number of benzene rings is 1. The van der Waals surface area contributed by atoms with Gasteiger partial charge in [-0.25, -0.2) is 19.5 Å². The molecule has 174 valence electrons. The molecule has 1 aliphatic rings. The first-order valence-electron chi connectivity index (χ1n) is 10.3. The third-order valence-corrected chi connectivity index (χ3v) is 6.81. The molecule has 6 aromatic rings. The van der Waals surface area contributed by atoms with E-state index in [9.17, 15) is 13.2 Å². The Hall–Kier alpha value is -4.26. The minimum atomic E-state index is -4.53. The molecule has 5 aromatic heterocycles. The fourth-order valence-electron chi connectivity index (χ4n) is 4.11. The molecule has 7 rings (SSSR count). The Bertz CT molecular complexity index is 1800. The van der Waals surface area contributed by atoms with Gasteiger partial charge in [0.2, 0.25) is 6.79 Å². The summed E-state index contributed by atoms with van der Waals surface area (Å²) in [5.74, 6) is 1.70. The Morgan fingerprint density at radius 1 is 1.09 bits per heavy atom. The molecule has 0 amide bonds. The summed E-state index contributed by atoms with van der Waals surface area (Å²) in [4.78, 5) is 13.2. The number of aromatic amines is 1. The first kappa shape index (κ1) is 20.1. The molecule has 1 aromatic carbocycles. The number of thiophene rings is 1. The average molecular weight is 495 g/mol. The number of alkyl halides is 3. The average Bonchev–Trinajstić information content (AvgIpc) is 3.61. The van der Waals surface area contributed by atoms with Gasteiger partial charge in [0.15, 0.2) is 23.0 Å². The van der Waals surface area contributed by atoms with Crippen LogP contribution in [0.3, 0.4) is 0 Å². The maximum Gasteiger partial charge on any atom is 0.433 e. The minimum absolute atomic E-state index is 0.183. The quantitative estimate of drug-likeness (QED) is 0.361. The number of halogens is 3. The van der Waals surface area contributed by atoms with Crippen LogP contribution >= 0.6 is 11.3 Å². The topological polar surface area (TPSA) is 103 Å². The van der Waals surface area contributed by atoms with Gasteiger partial charge in [0.25, 0.3) is 0 Å². The molecular weight excluding hydrogens is 483 g/mol. The summed E-state index contributed by atoms with van der Waals surface area (Å²) in [5.41, 5.74) is 2.61. The van der Waals surface area contributed by atoms with Gasteiger partial charge in [0.05, 0.1) is 11.2 Å². The number of aryl methyl sites for hydroxylation is 1. The van der Waals surface area contributed by atoms with Gasteiger partial charge < -0.3 is 9.47 Å². The van der Waals surface area contributed by atoms with Crippen LogP contribution in [0.5, 0.6) is 11.5 Å². The van der Waals surface area contributed by atoms with Gasteiger partial charge in [-0.15, -0.1) is 16.4 Å². The van der Waals surface area contributed by atoms with Crippen molar-refractivity contribution in [1.82, 2.24) is 34.8 Å². The van der Waals surface area contributed by atoms with Crippen molar-refractivity contribution in [3.05, 3.63) is 47.9 Å². The van der Waals surface area contributed by atoms with Crippen molar-refractivity contribution < 1.29 is 22.6 Å². The van der Waals surface area contributed by atoms with Crippen LogP contribution in [0, 0.1) is 6.92 Å². The number of nitrogens with zero attached hydrogens (tertiary/aromatic N) is 6. The van der Waals surface area contributed by atoms with Gasteiger partial charge in [0.1, 0.15) is 27.2 Å². The molecule has 0 unspecified atom stereocenters. The Kier molecular flexibility index (Phi) is 3.96. The molecule has 0 bridgehead atoms. The van der Waals surface area contributed by atoms with Gasteiger partial charge in [-0.1, -0.05) is 0 Å². The number of ether oxygens (including phenoxy) is 2. The van der Waals surface area contributed by atoms with Gasteiger partial charge >= 0.3 is 6.18 Å². The molecule has 13 heteroatoms. The van der Waals surface area contributed by atoms with E-state index in [1.807, 2.05) is 24.3 Å². The van der Waals surface area contributed by atoms with Gasteiger partial charge in [-0.2, -0.15) is 18.3 Å². The van der Waals surface area contributed by atoms with Crippen molar-refractivity contribution in [3.63, 3.8) is 0 Å². The molecular formula is C22H12F3N7O2S. The third-order valence-electron chi connectivity index (χ3n) is 5.74. The first-order valence-corrected chi connectivity index (χ1v) is 11.1. The summed E-state index contributed by atoms with van der Waals surface area (Å²) >= 11 is 1.11. The van der Waals surface area contributed by atoms with Crippen LogP contribution in [-0.4, -0.2) is 41.6 Å². The predicted octanol–water partition coefficient (Wildman–Crippen LogP) is 5.00. The van der Waals surface area contributed by atoms with Crippen molar-refractivity contribution >= 4 is 37.4 Å². The summed E-state index contributed by atoms with van der Waals surface area (Å²) in [6.45, 7) is 1.80. The van der Waals surface area contributed by atoms with Crippen molar-refractivity contribution in [2.45, 2.75) is 13.1 Å². The van der Waals surface area contributed by atoms with Crippen LogP contribution in [0.4, 0.5) is 13.2 Å². The van der Waals surface area contributed by atoms with E-state index in [1.165, 1.54) is 10.8 Å². The summed E-state index contributed by atoms with van der Waals surface area (Å²) in [6.07, 6.45) is -3.04. The lowest BCUT2D eigenvalue weighted by Gasteiger charge is -2.06. The zero-order valence-electron chi connectivity index (χ0n) is 17.7. The molecule has 35 heavy (non-hydrogen) atoms. The maximum absolute atomic E-state index is 13.3. The largest absolute Gasteiger partial charge is 0.454 e. The lowest BCUT2D eigenvalue weighted by molar-refractivity contribution is -0.141. The molecule has 0 spiro atoms. The number of H-pyrrole nitrogens is 1. The highest BCUT2D eigenvalue weighted by atomic mass is 32.1. The molecule has 6 heterocycles. The molecule has 0 radical (unpaired) electrons. The van der Waals surface area contributed by atoms with E-state index in [1.54, 1.807) is 6.92 Å². The predicted molar refractivity (Wildman–Crippen MR) is 120 cm³/mol. The highest BCUT2D eigenvalue weighted by Crippen LogP contribution is 2.39. The summed E-state index contributed by atoms with van der Waals surface area (Å²) < 4.78 is 52.7. The standard InChI is InChI=1S/C22H12F3N7O2S/c1-9-4-15(22(23,24)25)27-21-16(9)17-18(35-21)20-28-19(31-32(20)7-26-17)12-6-11(29-30-12)10-2-3-13-14(5-10)34-8-33-13/h2-7H,8H2,1H3,(H,29,30). The van der Waals surface area contributed by atoms with Crippen LogP contribution in [0.15, 0.2) is 36.7 Å². The number of pyridine rings is 1. The van der Waals surface area contributed by atoms with E-state index in [2.05, 4.69) is 30.2 Å². The summed E-state index contributed by atoms with van der Waals surface area (Å²) in [5, 5.41) is 12.4. The lowest BCUT2D eigenvalue weighted by atomic mass is 10.1. The lowest BCUT2D eigenvalue weighted by Crippen LogP contribution is -2.07. The molecule has 0 saturated carbocycles. The molecule has 0 atom stereocenters. The fourth-order valence-corrected chi connectivity index (χ4v) is 5.29. The van der Waals surface area contributed by atoms with E-state index >= 15 is 0 Å². The third kappa shape index (κ3) is 3.04. The zero-order chi connectivity index (χ0) is 23.9. The van der Waals surface area contributed by atoms with E-state index in [4.69, 9.17) is 9.47 Å². The Morgan fingerprint density at radius 3 is 2.80 bits per heavy atom. The van der Waals surface area contributed by atoms with Crippen LogP contribution in [-0.2, 0) is 6.18 Å². The number of hydrogen-bond donors (Lipinski definition) is 1. The van der Waals surface area contributed by atoms with Crippen LogP contribution in [0.1, 0.15) is 11.3 Å². The Labute approximate surface area is 197 Å². The van der Waals surface area contributed by atoms with Gasteiger partial charge in [-0.3, -0.25) is 5.10 Å². The van der Waals surface area contributed by atoms with Crippen LogP contribution in [0.25, 0.3) is 48.9 Å². The minimum Gasteiger partial charge on any atom is -0.454 e. The fraction of sp³-hybridized carbons (Fsp3) is 0.136. The number of nitrogens with one attached hydrogen (secondary N) is 1. The molecule has 0 saturated heterocycles. The smallest absolute Gasteiger partial charge is 0.433 e. The Balaban J connectivity index is 1.34. The highest BCUT2D eigenvalue weighted by molar-refractivity contribution is 7.26. The number of hydrogen-bond acceptors (Lipinski definition) is 8. The van der Waals surface area contributed by atoms with Crippen molar-refractivity contribution in [2.24, 2.45) is 0 Å². The van der Waals surface area contributed by atoms with Gasteiger partial charge in [-0.05, 0) is 42.8 Å². The molecule has 0 aliphatic carbocycles. The van der Waals surface area contributed by atoms with E-state index in [0.29, 0.717) is 55.5 Å². The maximum atomic E-state index is 13.3. The number of rotatable bonds is 2. The second-order valence-corrected chi connectivity index (χ2v) is 8.96. The van der Waals surface area contributed by atoms with Crippen LogP contribution < -0.4 is 9.47 Å². The van der Waals surface area contributed by atoms with E-state index in [0.717, 1.165) is 23.0 Å². The zero-order valence-corrected chi connectivity index (χ0v) is 18.5. The summed E-state index contributed by atoms with van der Waals surface area (Å²) in [7, 11) is 0. The second-order valence-electron chi connectivity index (χ2n) is 7.97. The summed E-state index contributed by atoms with van der Waals surface area (Å²) in [6, 6.07) is 8.38. The van der Waals surface area contributed by atoms with E-state index in [-0.39, 0.29) is 11.6 Å². The monoisotopic (exact) mass is 495 g/mol.